The molecule has 0 unspecified atom stereocenters. The van der Waals surface area contributed by atoms with E-state index in [4.69, 9.17) is 0 Å². The van der Waals surface area contributed by atoms with Crippen molar-refractivity contribution in [3.8, 4) is 0 Å². The molecular weight excluding hydrogens is 158 g/mol. The molecule has 2 aliphatic carbocycles. The summed E-state index contributed by atoms with van der Waals surface area (Å²) in [4.78, 5) is 0. The first-order chi connectivity index (χ1) is 6.45. The van der Waals surface area contributed by atoms with E-state index in [1.807, 2.05) is 0 Å². The second-order valence-electron chi connectivity index (χ2n) is 4.44. The maximum Gasteiger partial charge on any atom is 0.00672 e. The minimum absolute atomic E-state index is 0.865. The molecule has 74 valence electrons. The smallest absolute Gasteiger partial charge is 0.00672 e. The lowest BCUT2D eigenvalue weighted by molar-refractivity contribution is 0.341. The van der Waals surface area contributed by atoms with E-state index < -0.39 is 0 Å². The average Bonchev–Trinajstić information content (AvgIpc) is 2.11. The third-order valence-corrected chi connectivity index (χ3v) is 3.37. The predicted octanol–water partition coefficient (Wildman–Crippen LogP) is 3.02. The third kappa shape index (κ3) is 2.84. The van der Waals surface area contributed by atoms with Crippen molar-refractivity contribution < 1.29 is 0 Å². The molecule has 2 rings (SSSR count). The van der Waals surface area contributed by atoms with E-state index in [1.165, 1.54) is 57.9 Å². The standard InChI is InChI=1S/C12H21N/c1-2-5-11(6-3-1)9-10-13-12-7-4-8-12/h5,12-13H,1-4,6-10H2. The first-order valence-corrected chi connectivity index (χ1v) is 5.86. The molecule has 2 aliphatic rings. The molecule has 1 saturated carbocycles. The van der Waals surface area contributed by atoms with Gasteiger partial charge in [0.05, 0.1) is 0 Å². The fourth-order valence-electron chi connectivity index (χ4n) is 2.18. The third-order valence-electron chi connectivity index (χ3n) is 3.37. The van der Waals surface area contributed by atoms with Crippen molar-refractivity contribution in [1.82, 2.24) is 5.32 Å². The highest BCUT2D eigenvalue weighted by atomic mass is 14.9. The molecule has 0 amide bonds. The van der Waals surface area contributed by atoms with Crippen molar-refractivity contribution in [3.05, 3.63) is 11.6 Å². The van der Waals surface area contributed by atoms with Gasteiger partial charge in [0.25, 0.3) is 0 Å². The van der Waals surface area contributed by atoms with Crippen LogP contribution in [-0.4, -0.2) is 12.6 Å². The molecule has 1 heteroatoms. The first-order valence-electron chi connectivity index (χ1n) is 5.86. The number of hydrogen-bond donors (Lipinski definition) is 1. The summed E-state index contributed by atoms with van der Waals surface area (Å²) < 4.78 is 0. The van der Waals surface area contributed by atoms with Gasteiger partial charge in [-0.3, -0.25) is 0 Å². The van der Waals surface area contributed by atoms with Crippen LogP contribution in [0.4, 0.5) is 0 Å². The highest BCUT2D eigenvalue weighted by Gasteiger charge is 2.15. The SMILES string of the molecule is C1=C(CCNC2CCC2)CCCC1. The molecular formula is C12H21N. The molecule has 0 aromatic rings. The molecule has 0 radical (unpaired) electrons. The molecule has 0 aromatic carbocycles. The fourth-order valence-corrected chi connectivity index (χ4v) is 2.18. The number of hydrogen-bond acceptors (Lipinski definition) is 1. The van der Waals surface area contributed by atoms with Gasteiger partial charge in [-0.25, -0.2) is 0 Å². The zero-order valence-corrected chi connectivity index (χ0v) is 8.52. The lowest BCUT2D eigenvalue weighted by atomic mass is 9.92. The monoisotopic (exact) mass is 179 g/mol. The highest BCUT2D eigenvalue weighted by Crippen LogP contribution is 2.21. The van der Waals surface area contributed by atoms with Gasteiger partial charge in [-0.2, -0.15) is 0 Å². The van der Waals surface area contributed by atoms with Crippen LogP contribution >= 0.6 is 0 Å². The molecule has 13 heavy (non-hydrogen) atoms. The quantitative estimate of drug-likeness (QED) is 0.654. The van der Waals surface area contributed by atoms with Crippen molar-refractivity contribution in [2.24, 2.45) is 0 Å². The maximum atomic E-state index is 3.63. The Labute approximate surface area is 81.6 Å². The largest absolute Gasteiger partial charge is 0.314 e. The zero-order chi connectivity index (χ0) is 8.93. The van der Waals surface area contributed by atoms with E-state index in [0.717, 1.165) is 6.04 Å². The number of rotatable bonds is 4. The maximum absolute atomic E-state index is 3.63. The van der Waals surface area contributed by atoms with Gasteiger partial charge in [0.1, 0.15) is 0 Å². The van der Waals surface area contributed by atoms with Crippen molar-refractivity contribution in [3.63, 3.8) is 0 Å². The molecule has 1 N–H and O–H groups in total. The minimum Gasteiger partial charge on any atom is -0.314 e. The van der Waals surface area contributed by atoms with E-state index in [9.17, 15) is 0 Å². The highest BCUT2D eigenvalue weighted by molar-refractivity contribution is 5.05. The second-order valence-corrected chi connectivity index (χ2v) is 4.44. The van der Waals surface area contributed by atoms with Crippen molar-refractivity contribution in [2.45, 2.75) is 57.4 Å². The summed E-state index contributed by atoms with van der Waals surface area (Å²) in [5.74, 6) is 0. The van der Waals surface area contributed by atoms with Crippen LogP contribution in [0.15, 0.2) is 11.6 Å². The Morgan fingerprint density at radius 3 is 2.77 bits per heavy atom. The molecule has 1 fully saturated rings. The molecule has 0 aromatic heterocycles. The molecule has 0 bridgehead atoms. The van der Waals surface area contributed by atoms with Crippen LogP contribution in [0.5, 0.6) is 0 Å². The molecule has 0 atom stereocenters. The van der Waals surface area contributed by atoms with Crippen LogP contribution in [0.25, 0.3) is 0 Å². The zero-order valence-electron chi connectivity index (χ0n) is 8.52. The Kier molecular flexibility index (Phi) is 3.42. The van der Waals surface area contributed by atoms with Gasteiger partial charge < -0.3 is 5.32 Å². The van der Waals surface area contributed by atoms with E-state index in [0.29, 0.717) is 0 Å². The van der Waals surface area contributed by atoms with Crippen molar-refractivity contribution in [1.29, 1.82) is 0 Å². The van der Waals surface area contributed by atoms with Crippen LogP contribution in [-0.2, 0) is 0 Å². The number of nitrogens with one attached hydrogen (secondary N) is 1. The van der Waals surface area contributed by atoms with Gasteiger partial charge in [-0.15, -0.1) is 0 Å². The molecule has 1 nitrogen and oxygen atoms in total. The van der Waals surface area contributed by atoms with Crippen LogP contribution in [0.2, 0.25) is 0 Å². The van der Waals surface area contributed by atoms with Gasteiger partial charge in [-0.05, 0) is 51.5 Å². The van der Waals surface area contributed by atoms with E-state index in [1.54, 1.807) is 5.57 Å². The summed E-state index contributed by atoms with van der Waals surface area (Å²) in [5, 5.41) is 3.63. The molecule has 0 aliphatic heterocycles. The summed E-state index contributed by atoms with van der Waals surface area (Å²) >= 11 is 0. The second kappa shape index (κ2) is 4.80. The summed E-state index contributed by atoms with van der Waals surface area (Å²) in [7, 11) is 0. The van der Waals surface area contributed by atoms with Gasteiger partial charge in [0, 0.05) is 6.04 Å². The van der Waals surface area contributed by atoms with Gasteiger partial charge in [0.2, 0.25) is 0 Å². The summed E-state index contributed by atoms with van der Waals surface area (Å²) in [6, 6.07) is 0.865. The van der Waals surface area contributed by atoms with E-state index in [2.05, 4.69) is 11.4 Å². The Morgan fingerprint density at radius 2 is 2.15 bits per heavy atom. The normalized spacial score (nSPS) is 23.8. The lowest BCUT2D eigenvalue weighted by Gasteiger charge is -2.27. The summed E-state index contributed by atoms with van der Waals surface area (Å²) in [6.07, 6.45) is 13.6. The predicted molar refractivity (Wildman–Crippen MR) is 56.8 cm³/mol. The average molecular weight is 179 g/mol. The fraction of sp³-hybridized carbons (Fsp3) is 0.833. The van der Waals surface area contributed by atoms with E-state index in [-0.39, 0.29) is 0 Å². The van der Waals surface area contributed by atoms with Crippen LogP contribution in [0.3, 0.4) is 0 Å². The minimum atomic E-state index is 0.865. The molecule has 0 spiro atoms. The summed E-state index contributed by atoms with van der Waals surface area (Å²) in [6.45, 7) is 1.22. The van der Waals surface area contributed by atoms with Gasteiger partial charge >= 0.3 is 0 Å². The van der Waals surface area contributed by atoms with Crippen molar-refractivity contribution in [2.75, 3.05) is 6.54 Å². The molecule has 0 heterocycles. The Balaban J connectivity index is 1.58. The Bertz CT molecular complexity index is 180. The van der Waals surface area contributed by atoms with Crippen molar-refractivity contribution >= 4 is 0 Å². The topological polar surface area (TPSA) is 12.0 Å². The Hall–Kier alpha value is -0.300. The summed E-state index contributed by atoms with van der Waals surface area (Å²) in [5.41, 5.74) is 1.71. The van der Waals surface area contributed by atoms with Gasteiger partial charge in [-0.1, -0.05) is 18.1 Å². The van der Waals surface area contributed by atoms with Gasteiger partial charge in [0.15, 0.2) is 0 Å². The van der Waals surface area contributed by atoms with E-state index >= 15 is 0 Å². The van der Waals surface area contributed by atoms with Crippen LogP contribution < -0.4 is 5.32 Å². The first kappa shape index (κ1) is 9.26. The lowest BCUT2D eigenvalue weighted by Crippen LogP contribution is -2.35. The Morgan fingerprint density at radius 1 is 1.23 bits per heavy atom. The van der Waals surface area contributed by atoms with Crippen LogP contribution in [0, 0.1) is 0 Å². The molecule has 0 saturated heterocycles. The van der Waals surface area contributed by atoms with Crippen LogP contribution in [0.1, 0.15) is 51.4 Å². The number of allylic oxidation sites excluding steroid dienone is 1.